The van der Waals surface area contributed by atoms with E-state index in [1.54, 1.807) is 0 Å². The van der Waals surface area contributed by atoms with Gasteiger partial charge >= 0.3 is 0 Å². The number of anilines is 1. The fraction of sp³-hybridized carbons (Fsp3) is 0.286. The normalized spacial score (nSPS) is 13.9. The maximum Gasteiger partial charge on any atom is 0.133 e. The number of benzene rings is 2. The molecule has 3 aromatic rings. The van der Waals surface area contributed by atoms with E-state index in [4.69, 9.17) is 5.10 Å². The summed E-state index contributed by atoms with van der Waals surface area (Å²) in [5.41, 5.74) is 6.71. The Hall–Kier alpha value is -2.62. The summed E-state index contributed by atoms with van der Waals surface area (Å²) in [6, 6.07) is 12.9. The highest BCUT2D eigenvalue weighted by Gasteiger charge is 2.22. The van der Waals surface area contributed by atoms with Crippen molar-refractivity contribution in [2.45, 2.75) is 33.1 Å². The fourth-order valence-corrected chi connectivity index (χ4v) is 3.48. The lowest BCUT2D eigenvalue weighted by molar-refractivity contribution is 0.628. The van der Waals surface area contributed by atoms with Crippen molar-refractivity contribution < 1.29 is 4.39 Å². The molecule has 0 atom stereocenters. The Bertz CT molecular complexity index is 910. The minimum atomic E-state index is -0.220. The van der Waals surface area contributed by atoms with Crippen molar-refractivity contribution in [1.29, 1.82) is 0 Å². The van der Waals surface area contributed by atoms with E-state index in [-0.39, 0.29) is 5.82 Å². The number of hydrogen-bond acceptors (Lipinski definition) is 2. The van der Waals surface area contributed by atoms with Gasteiger partial charge in [-0.3, -0.25) is 0 Å². The van der Waals surface area contributed by atoms with Crippen molar-refractivity contribution in [1.82, 2.24) is 9.78 Å². The molecular weight excluding hydrogens is 313 g/mol. The zero-order valence-corrected chi connectivity index (χ0v) is 14.6. The van der Waals surface area contributed by atoms with Gasteiger partial charge in [-0.25, -0.2) is 9.07 Å². The van der Waals surface area contributed by atoms with E-state index in [1.807, 2.05) is 16.8 Å². The Morgan fingerprint density at radius 3 is 2.64 bits per heavy atom. The molecule has 0 amide bonds. The summed E-state index contributed by atoms with van der Waals surface area (Å²) in [4.78, 5) is 0. The van der Waals surface area contributed by atoms with E-state index in [0.29, 0.717) is 0 Å². The van der Waals surface area contributed by atoms with Crippen LogP contribution in [-0.4, -0.2) is 16.3 Å². The third kappa shape index (κ3) is 2.82. The van der Waals surface area contributed by atoms with Gasteiger partial charge in [0.25, 0.3) is 0 Å². The Morgan fingerprint density at radius 1 is 1.04 bits per heavy atom. The summed E-state index contributed by atoms with van der Waals surface area (Å²) in [6.07, 6.45) is 3.26. The van der Waals surface area contributed by atoms with Gasteiger partial charge in [-0.05, 0) is 74.6 Å². The molecule has 128 valence electrons. The van der Waals surface area contributed by atoms with E-state index in [2.05, 4.69) is 37.4 Å². The number of aromatic nitrogens is 2. The van der Waals surface area contributed by atoms with Crippen LogP contribution in [0.3, 0.4) is 0 Å². The summed E-state index contributed by atoms with van der Waals surface area (Å²) in [7, 11) is 0. The predicted octanol–water partition coefficient (Wildman–Crippen LogP) is 5.04. The van der Waals surface area contributed by atoms with Gasteiger partial charge in [0.2, 0.25) is 0 Å². The molecule has 2 aromatic carbocycles. The molecule has 0 saturated carbocycles. The van der Waals surface area contributed by atoms with E-state index in [9.17, 15) is 4.39 Å². The number of nitrogens with one attached hydrogen (secondary N) is 1. The Morgan fingerprint density at radius 2 is 1.84 bits per heavy atom. The summed E-state index contributed by atoms with van der Waals surface area (Å²) in [5, 5.41) is 8.50. The lowest BCUT2D eigenvalue weighted by Crippen LogP contribution is -2.08. The minimum absolute atomic E-state index is 0.220. The molecule has 0 fully saturated rings. The molecule has 0 radical (unpaired) electrons. The van der Waals surface area contributed by atoms with Gasteiger partial charge in [0.15, 0.2) is 0 Å². The minimum Gasteiger partial charge on any atom is -0.370 e. The SMILES string of the molecule is Cc1cccc(-n2nc(-c3ccc(F)cc3)c3c2NCCCC3)c1C. The molecule has 3 nitrogen and oxygen atoms in total. The van der Waals surface area contributed by atoms with Gasteiger partial charge in [-0.2, -0.15) is 5.10 Å². The molecule has 0 saturated heterocycles. The molecular formula is C21H22FN3. The van der Waals surface area contributed by atoms with Crippen LogP contribution < -0.4 is 5.32 Å². The third-order valence-electron chi connectivity index (χ3n) is 5.05. The van der Waals surface area contributed by atoms with E-state index in [0.717, 1.165) is 48.6 Å². The van der Waals surface area contributed by atoms with Gasteiger partial charge in [0.1, 0.15) is 11.6 Å². The van der Waals surface area contributed by atoms with Crippen molar-refractivity contribution in [2.75, 3.05) is 11.9 Å². The monoisotopic (exact) mass is 335 g/mol. The lowest BCUT2D eigenvalue weighted by atomic mass is 10.0. The first-order valence-corrected chi connectivity index (χ1v) is 8.83. The zero-order chi connectivity index (χ0) is 17.4. The number of aryl methyl sites for hydroxylation is 1. The smallest absolute Gasteiger partial charge is 0.133 e. The van der Waals surface area contributed by atoms with Crippen LogP contribution in [0.2, 0.25) is 0 Å². The molecule has 0 unspecified atom stereocenters. The Labute approximate surface area is 147 Å². The second-order valence-corrected chi connectivity index (χ2v) is 6.70. The average molecular weight is 335 g/mol. The van der Waals surface area contributed by atoms with Crippen molar-refractivity contribution in [3.63, 3.8) is 0 Å². The van der Waals surface area contributed by atoms with Crippen molar-refractivity contribution in [3.8, 4) is 16.9 Å². The predicted molar refractivity (Wildman–Crippen MR) is 99.9 cm³/mol. The first kappa shape index (κ1) is 15.9. The van der Waals surface area contributed by atoms with E-state index >= 15 is 0 Å². The van der Waals surface area contributed by atoms with Gasteiger partial charge in [-0.1, -0.05) is 12.1 Å². The molecule has 0 aliphatic carbocycles. The number of hydrogen-bond donors (Lipinski definition) is 1. The second kappa shape index (κ2) is 6.36. The summed E-state index contributed by atoms with van der Waals surface area (Å²) >= 11 is 0. The lowest BCUT2D eigenvalue weighted by Gasteiger charge is -2.13. The topological polar surface area (TPSA) is 29.9 Å². The van der Waals surface area contributed by atoms with Crippen LogP contribution in [0.5, 0.6) is 0 Å². The first-order chi connectivity index (χ1) is 12.1. The molecule has 2 heterocycles. The highest BCUT2D eigenvalue weighted by atomic mass is 19.1. The van der Waals surface area contributed by atoms with Gasteiger partial charge < -0.3 is 5.32 Å². The van der Waals surface area contributed by atoms with Gasteiger partial charge in [0.05, 0.1) is 11.4 Å². The number of fused-ring (bicyclic) bond motifs is 1. The van der Waals surface area contributed by atoms with Crippen LogP contribution >= 0.6 is 0 Å². The van der Waals surface area contributed by atoms with Gasteiger partial charge in [-0.15, -0.1) is 0 Å². The molecule has 25 heavy (non-hydrogen) atoms. The summed E-state index contributed by atoms with van der Waals surface area (Å²) in [6.45, 7) is 5.20. The van der Waals surface area contributed by atoms with Crippen LogP contribution in [0.15, 0.2) is 42.5 Å². The highest BCUT2D eigenvalue weighted by molar-refractivity contribution is 5.71. The summed E-state index contributed by atoms with van der Waals surface area (Å²) < 4.78 is 15.4. The number of nitrogens with zero attached hydrogens (tertiary/aromatic N) is 2. The van der Waals surface area contributed by atoms with E-state index < -0.39 is 0 Å². The molecule has 4 heteroatoms. The van der Waals surface area contributed by atoms with Crippen LogP contribution in [0.4, 0.5) is 10.2 Å². The first-order valence-electron chi connectivity index (χ1n) is 8.83. The molecule has 1 N–H and O–H groups in total. The van der Waals surface area contributed by atoms with Crippen molar-refractivity contribution >= 4 is 5.82 Å². The van der Waals surface area contributed by atoms with Crippen molar-refractivity contribution in [3.05, 3.63) is 65.0 Å². The second-order valence-electron chi connectivity index (χ2n) is 6.70. The average Bonchev–Trinajstić information content (AvgIpc) is 2.80. The van der Waals surface area contributed by atoms with Gasteiger partial charge in [0, 0.05) is 17.7 Å². The molecule has 1 aromatic heterocycles. The zero-order valence-electron chi connectivity index (χ0n) is 14.6. The Balaban J connectivity index is 1.93. The maximum absolute atomic E-state index is 13.3. The quantitative estimate of drug-likeness (QED) is 0.711. The summed E-state index contributed by atoms with van der Waals surface area (Å²) in [5.74, 6) is 0.854. The van der Waals surface area contributed by atoms with Crippen molar-refractivity contribution in [2.24, 2.45) is 0 Å². The van der Waals surface area contributed by atoms with Crippen LogP contribution in [0, 0.1) is 19.7 Å². The molecule has 1 aliphatic heterocycles. The number of halogens is 1. The fourth-order valence-electron chi connectivity index (χ4n) is 3.48. The molecule has 1 aliphatic rings. The van der Waals surface area contributed by atoms with Crippen LogP contribution in [0.25, 0.3) is 16.9 Å². The third-order valence-corrected chi connectivity index (χ3v) is 5.05. The largest absolute Gasteiger partial charge is 0.370 e. The molecule has 4 rings (SSSR count). The van der Waals surface area contributed by atoms with E-state index in [1.165, 1.54) is 28.8 Å². The Kier molecular flexibility index (Phi) is 4.04. The maximum atomic E-state index is 13.3. The molecule has 0 bridgehead atoms. The van der Waals surface area contributed by atoms with Crippen LogP contribution in [0.1, 0.15) is 29.5 Å². The van der Waals surface area contributed by atoms with Crippen LogP contribution in [-0.2, 0) is 6.42 Å². The number of rotatable bonds is 2. The molecule has 0 spiro atoms. The standard InChI is InChI=1S/C21H22FN3/c1-14-6-5-8-19(15(14)2)25-21-18(7-3-4-13-23-21)20(24-25)16-9-11-17(22)12-10-16/h5-6,8-12,23H,3-4,7,13H2,1-2H3. The highest BCUT2D eigenvalue weighted by Crippen LogP contribution is 2.34.